The highest BCUT2D eigenvalue weighted by atomic mass is 16.1. The average molecular weight is 265 g/mol. The van der Waals surface area contributed by atoms with Crippen molar-refractivity contribution in [2.75, 3.05) is 0 Å². The molecule has 1 aromatic carbocycles. The van der Waals surface area contributed by atoms with Gasteiger partial charge < -0.3 is 0 Å². The van der Waals surface area contributed by atoms with Crippen molar-refractivity contribution in [3.05, 3.63) is 65.5 Å². The van der Waals surface area contributed by atoms with E-state index in [1.165, 1.54) is 37.7 Å². The molecule has 0 saturated heterocycles. The maximum Gasteiger partial charge on any atom is 0.193 e. The van der Waals surface area contributed by atoms with Crippen molar-refractivity contribution in [1.29, 1.82) is 0 Å². The molecule has 0 radical (unpaired) electrons. The molecule has 20 heavy (non-hydrogen) atoms. The van der Waals surface area contributed by atoms with Crippen molar-refractivity contribution < 1.29 is 4.79 Å². The van der Waals surface area contributed by atoms with Crippen molar-refractivity contribution in [1.82, 2.24) is 4.98 Å². The highest BCUT2D eigenvalue weighted by molar-refractivity contribution is 6.08. The van der Waals surface area contributed by atoms with Crippen LogP contribution >= 0.6 is 0 Å². The Morgan fingerprint density at radius 1 is 0.850 bits per heavy atom. The number of carbonyl (C=O) groups excluding carboxylic acids is 1. The lowest BCUT2D eigenvalue weighted by molar-refractivity contribution is 0.103. The van der Waals surface area contributed by atoms with Crippen LogP contribution in [0.4, 0.5) is 0 Å². The topological polar surface area (TPSA) is 30.0 Å². The van der Waals surface area contributed by atoms with Crippen molar-refractivity contribution in [3.8, 4) is 0 Å². The van der Waals surface area contributed by atoms with E-state index in [4.69, 9.17) is 0 Å². The molecule has 0 atom stereocenters. The molecule has 1 heterocycles. The average Bonchev–Trinajstić information content (AvgIpc) is 2.56. The minimum atomic E-state index is 0.0718. The molecule has 0 N–H and O–H groups in total. The second-order valence-corrected chi connectivity index (χ2v) is 5.52. The van der Waals surface area contributed by atoms with Crippen LogP contribution in [0.5, 0.6) is 0 Å². The Balaban J connectivity index is 1.77. The third-order valence-electron chi connectivity index (χ3n) is 4.19. The van der Waals surface area contributed by atoms with Crippen LogP contribution in [0.3, 0.4) is 0 Å². The lowest BCUT2D eigenvalue weighted by Gasteiger charge is -2.22. The van der Waals surface area contributed by atoms with Gasteiger partial charge in [0.1, 0.15) is 0 Å². The Kier molecular flexibility index (Phi) is 3.91. The number of pyridine rings is 1. The Bertz CT molecular complexity index is 568. The fraction of sp³-hybridized carbons (Fsp3) is 0.333. The summed E-state index contributed by atoms with van der Waals surface area (Å²) in [6, 6.07) is 11.7. The summed E-state index contributed by atoms with van der Waals surface area (Å²) in [7, 11) is 0. The van der Waals surface area contributed by atoms with Crippen LogP contribution in [0.1, 0.15) is 59.5 Å². The van der Waals surface area contributed by atoms with Crippen molar-refractivity contribution in [2.24, 2.45) is 0 Å². The van der Waals surface area contributed by atoms with Crippen molar-refractivity contribution in [3.63, 3.8) is 0 Å². The van der Waals surface area contributed by atoms with Crippen LogP contribution in [0, 0.1) is 0 Å². The number of hydrogen-bond acceptors (Lipinski definition) is 2. The molecule has 1 aliphatic rings. The first kappa shape index (κ1) is 13.0. The summed E-state index contributed by atoms with van der Waals surface area (Å²) in [6.07, 6.45) is 9.93. The molecule has 2 nitrogen and oxygen atoms in total. The normalized spacial score (nSPS) is 16.0. The van der Waals surface area contributed by atoms with Gasteiger partial charge in [0.15, 0.2) is 5.78 Å². The number of aromatic nitrogens is 1. The molecule has 0 amide bonds. The second kappa shape index (κ2) is 6.00. The van der Waals surface area contributed by atoms with Crippen LogP contribution in [-0.4, -0.2) is 10.8 Å². The highest BCUT2D eigenvalue weighted by Gasteiger charge is 2.16. The third-order valence-corrected chi connectivity index (χ3v) is 4.19. The molecule has 0 unspecified atom stereocenters. The van der Waals surface area contributed by atoms with Crippen LogP contribution in [0.25, 0.3) is 0 Å². The lowest BCUT2D eigenvalue weighted by atomic mass is 9.84. The fourth-order valence-corrected chi connectivity index (χ4v) is 3.01. The largest absolute Gasteiger partial charge is 0.289 e. The summed E-state index contributed by atoms with van der Waals surface area (Å²) in [5, 5.41) is 0. The molecule has 1 saturated carbocycles. The summed E-state index contributed by atoms with van der Waals surface area (Å²) < 4.78 is 0. The van der Waals surface area contributed by atoms with E-state index in [1.807, 2.05) is 12.1 Å². The molecule has 102 valence electrons. The SMILES string of the molecule is O=C(c1ccncc1)c1ccc(C2CCCCC2)cc1. The van der Waals surface area contributed by atoms with Gasteiger partial charge in [-0.05, 0) is 36.5 Å². The molecule has 1 aromatic heterocycles. The van der Waals surface area contributed by atoms with Crippen LogP contribution in [0.2, 0.25) is 0 Å². The maximum absolute atomic E-state index is 12.3. The molecule has 1 fully saturated rings. The predicted octanol–water partition coefficient (Wildman–Crippen LogP) is 4.36. The summed E-state index contributed by atoms with van der Waals surface area (Å²) >= 11 is 0. The molecule has 3 rings (SSSR count). The number of nitrogens with zero attached hydrogens (tertiary/aromatic N) is 1. The van der Waals surface area contributed by atoms with Gasteiger partial charge in [-0.25, -0.2) is 0 Å². The Morgan fingerprint density at radius 2 is 1.45 bits per heavy atom. The number of ketones is 1. The van der Waals surface area contributed by atoms with Gasteiger partial charge in [0.05, 0.1) is 0 Å². The third kappa shape index (κ3) is 2.79. The standard InChI is InChI=1S/C18H19NO/c20-18(17-10-12-19-13-11-17)16-8-6-15(7-9-16)14-4-2-1-3-5-14/h6-14H,1-5H2. The van der Waals surface area contributed by atoms with Gasteiger partial charge in [-0.1, -0.05) is 43.5 Å². The number of hydrogen-bond donors (Lipinski definition) is 0. The number of rotatable bonds is 3. The van der Waals surface area contributed by atoms with Crippen molar-refractivity contribution in [2.45, 2.75) is 38.0 Å². The minimum Gasteiger partial charge on any atom is -0.289 e. The molecular weight excluding hydrogens is 246 g/mol. The monoisotopic (exact) mass is 265 g/mol. The van der Waals surface area contributed by atoms with Gasteiger partial charge in [-0.2, -0.15) is 0 Å². The van der Waals surface area contributed by atoms with E-state index in [2.05, 4.69) is 17.1 Å². The predicted molar refractivity (Wildman–Crippen MR) is 79.9 cm³/mol. The molecular formula is C18H19NO. The quantitative estimate of drug-likeness (QED) is 0.772. The molecule has 2 aromatic rings. The first-order valence-corrected chi connectivity index (χ1v) is 7.39. The van der Waals surface area contributed by atoms with E-state index < -0.39 is 0 Å². The van der Waals surface area contributed by atoms with Gasteiger partial charge in [0, 0.05) is 23.5 Å². The Labute approximate surface area is 119 Å². The number of carbonyl (C=O) groups is 1. The van der Waals surface area contributed by atoms with E-state index in [9.17, 15) is 4.79 Å². The van der Waals surface area contributed by atoms with Crippen LogP contribution in [0.15, 0.2) is 48.8 Å². The van der Waals surface area contributed by atoms with E-state index in [0.717, 1.165) is 5.56 Å². The first-order chi connectivity index (χ1) is 9.84. The van der Waals surface area contributed by atoms with Gasteiger partial charge >= 0.3 is 0 Å². The first-order valence-electron chi connectivity index (χ1n) is 7.39. The zero-order valence-electron chi connectivity index (χ0n) is 11.6. The van der Waals surface area contributed by atoms with E-state index >= 15 is 0 Å². The summed E-state index contributed by atoms with van der Waals surface area (Å²) in [5.74, 6) is 0.761. The minimum absolute atomic E-state index is 0.0718. The van der Waals surface area contributed by atoms with E-state index in [1.54, 1.807) is 24.5 Å². The lowest BCUT2D eigenvalue weighted by Crippen LogP contribution is -2.06. The summed E-state index contributed by atoms with van der Waals surface area (Å²) in [5.41, 5.74) is 2.84. The van der Waals surface area contributed by atoms with Gasteiger partial charge in [-0.3, -0.25) is 9.78 Å². The Morgan fingerprint density at radius 3 is 2.10 bits per heavy atom. The zero-order chi connectivity index (χ0) is 13.8. The summed E-state index contributed by atoms with van der Waals surface area (Å²) in [6.45, 7) is 0. The Hall–Kier alpha value is -1.96. The highest BCUT2D eigenvalue weighted by Crippen LogP contribution is 2.32. The number of benzene rings is 1. The van der Waals surface area contributed by atoms with Crippen LogP contribution in [-0.2, 0) is 0 Å². The van der Waals surface area contributed by atoms with Gasteiger partial charge in [0.25, 0.3) is 0 Å². The van der Waals surface area contributed by atoms with E-state index in [-0.39, 0.29) is 5.78 Å². The molecule has 1 aliphatic carbocycles. The van der Waals surface area contributed by atoms with Gasteiger partial charge in [0.2, 0.25) is 0 Å². The fourth-order valence-electron chi connectivity index (χ4n) is 3.01. The zero-order valence-corrected chi connectivity index (χ0v) is 11.6. The molecule has 2 heteroatoms. The second-order valence-electron chi connectivity index (χ2n) is 5.52. The smallest absolute Gasteiger partial charge is 0.193 e. The molecule has 0 spiro atoms. The van der Waals surface area contributed by atoms with Crippen molar-refractivity contribution >= 4 is 5.78 Å². The van der Waals surface area contributed by atoms with Gasteiger partial charge in [-0.15, -0.1) is 0 Å². The maximum atomic E-state index is 12.3. The van der Waals surface area contributed by atoms with Crippen LogP contribution < -0.4 is 0 Å². The van der Waals surface area contributed by atoms with E-state index in [0.29, 0.717) is 11.5 Å². The summed E-state index contributed by atoms with van der Waals surface area (Å²) in [4.78, 5) is 16.3. The molecule has 0 aliphatic heterocycles. The molecule has 0 bridgehead atoms.